The molecule has 2 atom stereocenters. The van der Waals surface area contributed by atoms with Crippen molar-refractivity contribution in [1.29, 1.82) is 0 Å². The van der Waals surface area contributed by atoms with Gasteiger partial charge in [0.25, 0.3) is 0 Å². The average molecular weight is 342 g/mol. The summed E-state index contributed by atoms with van der Waals surface area (Å²) in [5.74, 6) is 1.37. The molecule has 7 heteroatoms. The summed E-state index contributed by atoms with van der Waals surface area (Å²) in [6.45, 7) is 7.97. The highest BCUT2D eigenvalue weighted by Gasteiger charge is 2.25. The number of carbonyl (C=O) groups excluding carboxylic acids is 2. The van der Waals surface area contributed by atoms with Crippen LogP contribution >= 0.6 is 23.1 Å². The van der Waals surface area contributed by atoms with Crippen molar-refractivity contribution in [1.82, 2.24) is 9.88 Å². The summed E-state index contributed by atoms with van der Waals surface area (Å²) in [5, 5.41) is 0. The van der Waals surface area contributed by atoms with E-state index in [4.69, 9.17) is 5.73 Å². The number of aryl methyl sites for hydroxylation is 1. The summed E-state index contributed by atoms with van der Waals surface area (Å²) in [7, 11) is 0. The van der Waals surface area contributed by atoms with E-state index in [9.17, 15) is 9.59 Å². The van der Waals surface area contributed by atoms with E-state index in [2.05, 4.69) is 18.8 Å². The SMILES string of the molecule is Cc1nc(SCC(=O)N2C[C@@H](C)C[C@H](C)C2)sc1CC(N)=O. The number of piperidine rings is 1. The number of aromatic nitrogens is 1. The Hall–Kier alpha value is -1.08. The van der Waals surface area contributed by atoms with Crippen LogP contribution in [0, 0.1) is 18.8 Å². The fourth-order valence-electron chi connectivity index (χ4n) is 2.87. The maximum Gasteiger partial charge on any atom is 0.233 e. The van der Waals surface area contributed by atoms with Gasteiger partial charge in [0.15, 0.2) is 4.34 Å². The molecule has 0 saturated carbocycles. The molecule has 0 aromatic carbocycles. The lowest BCUT2D eigenvalue weighted by molar-refractivity contribution is -0.131. The first kappa shape index (κ1) is 17.3. The Kier molecular flexibility index (Phi) is 5.86. The zero-order valence-electron chi connectivity index (χ0n) is 13.3. The van der Waals surface area contributed by atoms with Gasteiger partial charge < -0.3 is 10.6 Å². The Labute approximate surface area is 139 Å². The lowest BCUT2D eigenvalue weighted by atomic mass is 9.92. The van der Waals surface area contributed by atoms with Crippen LogP contribution in [0.3, 0.4) is 0 Å². The van der Waals surface area contributed by atoms with E-state index < -0.39 is 0 Å². The monoisotopic (exact) mass is 341 g/mol. The molecule has 1 aromatic heterocycles. The molecule has 2 N–H and O–H groups in total. The number of carbonyl (C=O) groups is 2. The van der Waals surface area contributed by atoms with Crippen molar-refractivity contribution in [2.45, 2.75) is 38.0 Å². The van der Waals surface area contributed by atoms with Crippen molar-refractivity contribution in [2.24, 2.45) is 17.6 Å². The maximum atomic E-state index is 12.3. The van der Waals surface area contributed by atoms with Crippen LogP contribution in [-0.2, 0) is 16.0 Å². The topological polar surface area (TPSA) is 76.3 Å². The molecule has 0 aliphatic carbocycles. The van der Waals surface area contributed by atoms with Crippen molar-refractivity contribution >= 4 is 34.9 Å². The van der Waals surface area contributed by atoms with Gasteiger partial charge in [-0.15, -0.1) is 11.3 Å². The molecule has 22 heavy (non-hydrogen) atoms. The van der Waals surface area contributed by atoms with E-state index >= 15 is 0 Å². The molecule has 122 valence electrons. The van der Waals surface area contributed by atoms with E-state index in [1.165, 1.54) is 29.5 Å². The first-order chi connectivity index (χ1) is 10.3. The fourth-order valence-corrected chi connectivity index (χ4v) is 5.01. The molecule has 1 aromatic rings. The summed E-state index contributed by atoms with van der Waals surface area (Å²) < 4.78 is 0.834. The molecule has 5 nitrogen and oxygen atoms in total. The van der Waals surface area contributed by atoms with Gasteiger partial charge in [-0.3, -0.25) is 9.59 Å². The van der Waals surface area contributed by atoms with Gasteiger partial charge in [-0.05, 0) is 25.2 Å². The van der Waals surface area contributed by atoms with Crippen LogP contribution in [0.15, 0.2) is 4.34 Å². The lowest BCUT2D eigenvalue weighted by Crippen LogP contribution is -2.43. The Morgan fingerprint density at radius 2 is 2.00 bits per heavy atom. The summed E-state index contributed by atoms with van der Waals surface area (Å²) in [6, 6.07) is 0. The van der Waals surface area contributed by atoms with Crippen LogP contribution in [0.2, 0.25) is 0 Å². The van der Waals surface area contributed by atoms with Gasteiger partial charge in [-0.2, -0.15) is 0 Å². The summed E-state index contributed by atoms with van der Waals surface area (Å²) in [4.78, 5) is 30.6. The largest absolute Gasteiger partial charge is 0.369 e. The van der Waals surface area contributed by atoms with Gasteiger partial charge in [-0.1, -0.05) is 25.6 Å². The van der Waals surface area contributed by atoms with Crippen LogP contribution in [0.4, 0.5) is 0 Å². The van der Waals surface area contributed by atoms with Gasteiger partial charge in [0, 0.05) is 18.0 Å². The van der Waals surface area contributed by atoms with E-state index in [1.807, 2.05) is 11.8 Å². The first-order valence-electron chi connectivity index (χ1n) is 7.50. The third-order valence-corrected chi connectivity index (χ3v) is 6.03. The number of thioether (sulfide) groups is 1. The number of nitrogens with zero attached hydrogens (tertiary/aromatic N) is 2. The zero-order valence-corrected chi connectivity index (χ0v) is 14.9. The second-order valence-corrected chi connectivity index (χ2v) is 8.47. The van der Waals surface area contributed by atoms with Gasteiger partial charge in [0.1, 0.15) is 0 Å². The Balaban J connectivity index is 1.89. The molecule has 1 fully saturated rings. The number of amides is 2. The average Bonchev–Trinajstić information content (AvgIpc) is 2.74. The van der Waals surface area contributed by atoms with E-state index in [0.717, 1.165) is 28.0 Å². The number of rotatable bonds is 5. The molecule has 0 bridgehead atoms. The number of likely N-dealkylation sites (tertiary alicyclic amines) is 1. The van der Waals surface area contributed by atoms with Crippen LogP contribution in [0.5, 0.6) is 0 Å². The third kappa shape index (κ3) is 4.71. The molecule has 0 radical (unpaired) electrons. The number of thiazole rings is 1. The van der Waals surface area contributed by atoms with Gasteiger partial charge >= 0.3 is 0 Å². The predicted octanol–water partition coefficient (Wildman–Crippen LogP) is 2.08. The molecule has 0 unspecified atom stereocenters. The van der Waals surface area contributed by atoms with E-state index in [1.54, 1.807) is 0 Å². The van der Waals surface area contributed by atoms with Gasteiger partial charge in [0.2, 0.25) is 11.8 Å². The third-order valence-electron chi connectivity index (χ3n) is 3.75. The normalized spacial score (nSPS) is 21.9. The molecule has 1 aliphatic rings. The minimum absolute atomic E-state index is 0.174. The van der Waals surface area contributed by atoms with Crippen molar-refractivity contribution in [2.75, 3.05) is 18.8 Å². The van der Waals surface area contributed by atoms with Crippen LogP contribution in [0.25, 0.3) is 0 Å². The standard InChI is InChI=1S/C15H23N3O2S2/c1-9-4-10(2)7-18(6-9)14(20)8-21-15-17-11(3)12(22-15)5-13(16)19/h9-10H,4-8H2,1-3H3,(H2,16,19)/t9-,10-/m0/s1. The second-order valence-electron chi connectivity index (χ2n) is 6.16. The quantitative estimate of drug-likeness (QED) is 0.832. The molecular weight excluding hydrogens is 318 g/mol. The lowest BCUT2D eigenvalue weighted by Gasteiger charge is -2.34. The summed E-state index contributed by atoms with van der Waals surface area (Å²) in [5.41, 5.74) is 6.05. The molecular formula is C15H23N3O2S2. The molecule has 2 rings (SSSR count). The molecule has 2 amide bonds. The number of hydrogen-bond donors (Lipinski definition) is 1. The minimum Gasteiger partial charge on any atom is -0.369 e. The van der Waals surface area contributed by atoms with Gasteiger partial charge in [-0.25, -0.2) is 4.98 Å². The van der Waals surface area contributed by atoms with E-state index in [0.29, 0.717) is 17.6 Å². The number of hydrogen-bond acceptors (Lipinski definition) is 5. The maximum absolute atomic E-state index is 12.3. The summed E-state index contributed by atoms with van der Waals surface area (Å²) in [6.07, 6.45) is 1.41. The van der Waals surface area contributed by atoms with Crippen molar-refractivity contribution in [3.05, 3.63) is 10.6 Å². The second kappa shape index (κ2) is 7.46. The Morgan fingerprint density at radius 3 is 2.59 bits per heavy atom. The summed E-state index contributed by atoms with van der Waals surface area (Å²) >= 11 is 2.91. The predicted molar refractivity (Wildman–Crippen MR) is 90.0 cm³/mol. The van der Waals surface area contributed by atoms with Crippen molar-refractivity contribution < 1.29 is 9.59 Å². The molecule has 0 spiro atoms. The zero-order chi connectivity index (χ0) is 16.3. The van der Waals surface area contributed by atoms with Crippen molar-refractivity contribution in [3.63, 3.8) is 0 Å². The minimum atomic E-state index is -0.351. The number of nitrogens with two attached hydrogens (primary N) is 1. The van der Waals surface area contributed by atoms with Crippen molar-refractivity contribution in [3.8, 4) is 0 Å². The molecule has 2 heterocycles. The Morgan fingerprint density at radius 1 is 1.36 bits per heavy atom. The highest BCUT2D eigenvalue weighted by atomic mass is 32.2. The first-order valence-corrected chi connectivity index (χ1v) is 9.30. The molecule has 1 saturated heterocycles. The highest BCUT2D eigenvalue weighted by molar-refractivity contribution is 8.01. The van der Waals surface area contributed by atoms with Crippen LogP contribution in [-0.4, -0.2) is 40.5 Å². The van der Waals surface area contributed by atoms with Crippen LogP contribution < -0.4 is 5.73 Å². The molecule has 1 aliphatic heterocycles. The van der Waals surface area contributed by atoms with E-state index in [-0.39, 0.29) is 18.2 Å². The smallest absolute Gasteiger partial charge is 0.233 e. The van der Waals surface area contributed by atoms with Gasteiger partial charge in [0.05, 0.1) is 17.9 Å². The highest BCUT2D eigenvalue weighted by Crippen LogP contribution is 2.28. The fraction of sp³-hybridized carbons (Fsp3) is 0.667. The Bertz CT molecular complexity index is 549. The number of primary amides is 1. The van der Waals surface area contributed by atoms with Crippen LogP contribution in [0.1, 0.15) is 30.8 Å².